The number of nitrogens with zero attached hydrogens (tertiary/aromatic N) is 2. The van der Waals surface area contributed by atoms with Crippen LogP contribution in [-0.4, -0.2) is 43.6 Å². The summed E-state index contributed by atoms with van der Waals surface area (Å²) < 4.78 is 5.71. The van der Waals surface area contributed by atoms with Crippen molar-refractivity contribution in [1.29, 1.82) is 0 Å². The van der Waals surface area contributed by atoms with Crippen LogP contribution >= 0.6 is 0 Å². The lowest BCUT2D eigenvalue weighted by Gasteiger charge is -2.22. The number of nitrogens with two attached hydrogens (primary N) is 1. The SMILES string of the molecule is CN=C/C1=C(\N)C(=O)CCCCN(Cc2ccccc2)CCO1. The normalized spacial score (nSPS) is 21.9. The van der Waals surface area contributed by atoms with Crippen molar-refractivity contribution < 1.29 is 9.53 Å². The van der Waals surface area contributed by atoms with Crippen LogP contribution in [0, 0.1) is 0 Å². The highest BCUT2D eigenvalue weighted by Gasteiger charge is 2.15. The third-order valence-electron chi connectivity index (χ3n) is 3.85. The van der Waals surface area contributed by atoms with E-state index in [2.05, 4.69) is 34.2 Å². The van der Waals surface area contributed by atoms with Crippen LogP contribution in [0.5, 0.6) is 0 Å². The molecule has 2 rings (SSSR count). The highest BCUT2D eigenvalue weighted by Crippen LogP contribution is 2.11. The molecule has 23 heavy (non-hydrogen) atoms. The molecule has 0 saturated heterocycles. The van der Waals surface area contributed by atoms with Crippen LogP contribution in [0.1, 0.15) is 24.8 Å². The molecule has 5 nitrogen and oxygen atoms in total. The van der Waals surface area contributed by atoms with Gasteiger partial charge < -0.3 is 10.5 Å². The molecule has 0 saturated carbocycles. The van der Waals surface area contributed by atoms with Gasteiger partial charge in [0.15, 0.2) is 11.5 Å². The van der Waals surface area contributed by atoms with Crippen molar-refractivity contribution in [2.45, 2.75) is 25.8 Å². The molecule has 0 bridgehead atoms. The standard InChI is InChI=1S/C18H25N3O2/c1-20-13-17-18(19)16(22)9-5-6-10-21(11-12-23-17)14-15-7-3-2-4-8-15/h2-4,7-8,13H,5-6,9-12,14,19H2,1H3/b18-17+,20-13?. The minimum Gasteiger partial charge on any atom is -0.488 e. The fourth-order valence-electron chi connectivity index (χ4n) is 2.59. The second kappa shape index (κ2) is 9.10. The average molecular weight is 315 g/mol. The number of allylic oxidation sites excluding steroid dienone is 2. The second-order valence-corrected chi connectivity index (χ2v) is 5.66. The van der Waals surface area contributed by atoms with Crippen molar-refractivity contribution in [3.05, 3.63) is 47.4 Å². The van der Waals surface area contributed by atoms with Gasteiger partial charge in [0.2, 0.25) is 0 Å². The van der Waals surface area contributed by atoms with Crippen molar-refractivity contribution in [1.82, 2.24) is 4.90 Å². The largest absolute Gasteiger partial charge is 0.488 e. The molecule has 0 radical (unpaired) electrons. The van der Waals surface area contributed by atoms with E-state index in [4.69, 9.17) is 10.5 Å². The van der Waals surface area contributed by atoms with E-state index in [1.54, 1.807) is 7.05 Å². The van der Waals surface area contributed by atoms with Crippen LogP contribution in [0.4, 0.5) is 0 Å². The molecule has 5 heteroatoms. The lowest BCUT2D eigenvalue weighted by Crippen LogP contribution is -2.28. The van der Waals surface area contributed by atoms with Gasteiger partial charge in [-0.3, -0.25) is 14.7 Å². The molecule has 1 aliphatic rings. The number of benzene rings is 1. The van der Waals surface area contributed by atoms with Gasteiger partial charge >= 0.3 is 0 Å². The minimum atomic E-state index is -0.0589. The Morgan fingerprint density at radius 1 is 1.26 bits per heavy atom. The highest BCUT2D eigenvalue weighted by molar-refractivity contribution is 5.99. The third-order valence-corrected chi connectivity index (χ3v) is 3.85. The van der Waals surface area contributed by atoms with Crippen LogP contribution in [-0.2, 0) is 16.1 Å². The Hall–Kier alpha value is -2.14. The Labute approximate surface area is 137 Å². The van der Waals surface area contributed by atoms with Gasteiger partial charge in [0.1, 0.15) is 12.3 Å². The number of carbonyl (C=O) groups excluding carboxylic acids is 1. The molecule has 124 valence electrons. The molecule has 0 atom stereocenters. The predicted octanol–water partition coefficient (Wildman–Crippen LogP) is 2.13. The molecular weight excluding hydrogens is 290 g/mol. The maximum absolute atomic E-state index is 12.1. The maximum atomic E-state index is 12.1. The van der Waals surface area contributed by atoms with Crippen molar-refractivity contribution in [3.63, 3.8) is 0 Å². The number of carbonyl (C=O) groups is 1. The van der Waals surface area contributed by atoms with Gasteiger partial charge in [0.05, 0.1) is 6.21 Å². The lowest BCUT2D eigenvalue weighted by molar-refractivity contribution is -0.115. The van der Waals surface area contributed by atoms with E-state index in [0.29, 0.717) is 18.8 Å². The number of ether oxygens (including phenoxy) is 1. The number of aliphatic imine (C=N–C) groups is 1. The first-order valence-electron chi connectivity index (χ1n) is 8.05. The summed E-state index contributed by atoms with van der Waals surface area (Å²) in [5.74, 6) is 0.329. The second-order valence-electron chi connectivity index (χ2n) is 5.66. The number of hydrogen-bond donors (Lipinski definition) is 1. The Morgan fingerprint density at radius 3 is 2.78 bits per heavy atom. The molecule has 1 aromatic rings. The van der Waals surface area contributed by atoms with Crippen molar-refractivity contribution >= 4 is 12.0 Å². The van der Waals surface area contributed by atoms with Gasteiger partial charge in [0, 0.05) is 26.6 Å². The molecule has 0 unspecified atom stereocenters. The molecule has 0 aromatic heterocycles. The summed E-state index contributed by atoms with van der Waals surface area (Å²) in [6.07, 6.45) is 3.78. The monoisotopic (exact) mass is 315 g/mol. The fourth-order valence-corrected chi connectivity index (χ4v) is 2.59. The van der Waals surface area contributed by atoms with E-state index in [0.717, 1.165) is 32.5 Å². The summed E-state index contributed by atoms with van der Waals surface area (Å²) >= 11 is 0. The van der Waals surface area contributed by atoms with E-state index >= 15 is 0 Å². The maximum Gasteiger partial charge on any atom is 0.182 e. The number of rotatable bonds is 3. The van der Waals surface area contributed by atoms with E-state index in [9.17, 15) is 4.79 Å². The zero-order valence-electron chi connectivity index (χ0n) is 13.7. The molecule has 1 heterocycles. The van der Waals surface area contributed by atoms with Crippen LogP contribution in [0.15, 0.2) is 46.8 Å². The molecular formula is C18H25N3O2. The van der Waals surface area contributed by atoms with E-state index in [1.807, 2.05) is 6.07 Å². The van der Waals surface area contributed by atoms with Gasteiger partial charge in [-0.25, -0.2) is 0 Å². The van der Waals surface area contributed by atoms with Crippen molar-refractivity contribution in [3.8, 4) is 0 Å². The van der Waals surface area contributed by atoms with Gasteiger partial charge in [-0.15, -0.1) is 0 Å². The summed E-state index contributed by atoms with van der Waals surface area (Å²) in [5, 5.41) is 0. The van der Waals surface area contributed by atoms with Crippen LogP contribution < -0.4 is 5.73 Å². The molecule has 1 aromatic carbocycles. The first kappa shape index (κ1) is 17.2. The summed E-state index contributed by atoms with van der Waals surface area (Å²) in [6, 6.07) is 10.4. The summed E-state index contributed by atoms with van der Waals surface area (Å²) in [6.45, 7) is 3.11. The van der Waals surface area contributed by atoms with Crippen LogP contribution in [0.2, 0.25) is 0 Å². The number of ketones is 1. The molecule has 2 N–H and O–H groups in total. The molecule has 0 fully saturated rings. The first-order chi connectivity index (χ1) is 11.2. The Kier molecular flexibility index (Phi) is 6.81. The topological polar surface area (TPSA) is 67.9 Å². The van der Waals surface area contributed by atoms with Gasteiger partial charge in [0.25, 0.3) is 0 Å². The predicted molar refractivity (Wildman–Crippen MR) is 92.2 cm³/mol. The minimum absolute atomic E-state index is 0.0589. The molecule has 0 spiro atoms. The van der Waals surface area contributed by atoms with E-state index in [-0.39, 0.29) is 11.5 Å². The van der Waals surface area contributed by atoms with Gasteiger partial charge in [-0.1, -0.05) is 30.3 Å². The van der Waals surface area contributed by atoms with Crippen molar-refractivity contribution in [2.24, 2.45) is 10.7 Å². The Morgan fingerprint density at radius 2 is 2.04 bits per heavy atom. The zero-order valence-corrected chi connectivity index (χ0v) is 13.7. The van der Waals surface area contributed by atoms with Crippen LogP contribution in [0.3, 0.4) is 0 Å². The zero-order chi connectivity index (χ0) is 16.5. The molecule has 1 aliphatic heterocycles. The summed E-state index contributed by atoms with van der Waals surface area (Å²) in [5.41, 5.74) is 7.38. The molecule has 0 amide bonds. The van der Waals surface area contributed by atoms with Crippen molar-refractivity contribution in [2.75, 3.05) is 26.7 Å². The van der Waals surface area contributed by atoms with Crippen LogP contribution in [0.25, 0.3) is 0 Å². The quantitative estimate of drug-likeness (QED) is 0.868. The number of Topliss-reactive ketones (excluding diaryl/α,β-unsaturated/α-hetero) is 1. The Bertz CT molecular complexity index is 567. The fraction of sp³-hybridized carbons (Fsp3) is 0.444. The average Bonchev–Trinajstić information content (AvgIpc) is 2.59. The number of hydrogen-bond acceptors (Lipinski definition) is 5. The van der Waals surface area contributed by atoms with Gasteiger partial charge in [-0.05, 0) is 24.9 Å². The van der Waals surface area contributed by atoms with E-state index < -0.39 is 0 Å². The Balaban J connectivity index is 2.04. The third kappa shape index (κ3) is 5.53. The molecule has 0 aliphatic carbocycles. The summed E-state index contributed by atoms with van der Waals surface area (Å²) in [7, 11) is 1.64. The lowest BCUT2D eigenvalue weighted by atomic mass is 10.1. The smallest absolute Gasteiger partial charge is 0.182 e. The first-order valence-corrected chi connectivity index (χ1v) is 8.05. The summed E-state index contributed by atoms with van der Waals surface area (Å²) in [4.78, 5) is 18.3. The van der Waals surface area contributed by atoms with Gasteiger partial charge in [-0.2, -0.15) is 0 Å². The van der Waals surface area contributed by atoms with E-state index in [1.165, 1.54) is 11.8 Å². The highest BCUT2D eigenvalue weighted by atomic mass is 16.5.